The molecule has 134 valence electrons. The van der Waals surface area contributed by atoms with Gasteiger partial charge in [-0.3, -0.25) is 4.79 Å². The minimum absolute atomic E-state index is 0.210. The number of aryl methyl sites for hydroxylation is 1. The molecule has 1 amide bonds. The number of ether oxygens (including phenoxy) is 1. The summed E-state index contributed by atoms with van der Waals surface area (Å²) in [6.45, 7) is 5.98. The first-order valence-electron chi connectivity index (χ1n) is 8.25. The second kappa shape index (κ2) is 7.88. The second-order valence-corrected chi connectivity index (χ2v) is 6.09. The number of nitrogens with zero attached hydrogens (tertiary/aromatic N) is 1. The molecule has 2 N–H and O–H groups in total. The predicted octanol–water partition coefficient (Wildman–Crippen LogP) is 2.80. The normalized spacial score (nSPS) is 10.4. The molecule has 0 fully saturated rings. The van der Waals surface area contributed by atoms with E-state index >= 15 is 0 Å². The Hall–Kier alpha value is -2.76. The van der Waals surface area contributed by atoms with E-state index in [1.54, 1.807) is 20.8 Å². The first-order valence-corrected chi connectivity index (χ1v) is 8.25. The lowest BCUT2D eigenvalue weighted by atomic mass is 10.1. The molecule has 1 aromatic carbocycles. The Bertz CT molecular complexity index is 761. The molecule has 0 radical (unpaired) electrons. The third-order valence-corrected chi connectivity index (χ3v) is 4.05. The SMILES string of the molecule is CCOC(=O)c1[nH]c(C)c(C(=O)NCc2ccc(N(C)C)cc2)c1C. The molecule has 6 heteroatoms. The standard InChI is InChI=1S/C19H25N3O3/c1-6-25-19(24)17-12(2)16(13(3)21-17)18(23)20-11-14-7-9-15(10-8-14)22(4)5/h7-10,21H,6,11H2,1-5H3,(H,20,23). The highest BCUT2D eigenvalue weighted by atomic mass is 16.5. The molecule has 25 heavy (non-hydrogen) atoms. The number of rotatable bonds is 6. The van der Waals surface area contributed by atoms with Crippen LogP contribution in [0.1, 0.15) is 44.6 Å². The summed E-state index contributed by atoms with van der Waals surface area (Å²) < 4.78 is 5.01. The third-order valence-electron chi connectivity index (χ3n) is 4.05. The van der Waals surface area contributed by atoms with Crippen molar-refractivity contribution in [3.8, 4) is 0 Å². The van der Waals surface area contributed by atoms with Crippen LogP contribution >= 0.6 is 0 Å². The van der Waals surface area contributed by atoms with Gasteiger partial charge in [0, 0.05) is 32.0 Å². The van der Waals surface area contributed by atoms with Crippen LogP contribution in [0.15, 0.2) is 24.3 Å². The lowest BCUT2D eigenvalue weighted by Crippen LogP contribution is -2.24. The van der Waals surface area contributed by atoms with Crippen LogP contribution in [0, 0.1) is 13.8 Å². The molecular formula is C19H25N3O3. The van der Waals surface area contributed by atoms with Gasteiger partial charge in [0.15, 0.2) is 0 Å². The Morgan fingerprint density at radius 2 is 1.80 bits per heavy atom. The summed E-state index contributed by atoms with van der Waals surface area (Å²) in [6.07, 6.45) is 0. The molecule has 0 atom stereocenters. The van der Waals surface area contributed by atoms with Crippen LogP contribution in [0.5, 0.6) is 0 Å². The molecule has 1 heterocycles. The summed E-state index contributed by atoms with van der Waals surface area (Å²) in [5, 5.41) is 2.91. The van der Waals surface area contributed by atoms with Gasteiger partial charge in [0.05, 0.1) is 12.2 Å². The van der Waals surface area contributed by atoms with E-state index < -0.39 is 5.97 Å². The van der Waals surface area contributed by atoms with E-state index in [1.807, 2.05) is 43.3 Å². The molecule has 0 aliphatic rings. The Kier molecular flexibility index (Phi) is 5.85. The van der Waals surface area contributed by atoms with Crippen molar-refractivity contribution in [3.05, 3.63) is 52.3 Å². The minimum atomic E-state index is -0.443. The summed E-state index contributed by atoms with van der Waals surface area (Å²) in [5.74, 6) is -0.653. The smallest absolute Gasteiger partial charge is 0.355 e. The van der Waals surface area contributed by atoms with Gasteiger partial charge in [0.1, 0.15) is 5.69 Å². The van der Waals surface area contributed by atoms with E-state index in [0.717, 1.165) is 11.3 Å². The van der Waals surface area contributed by atoms with Gasteiger partial charge in [-0.05, 0) is 44.0 Å². The van der Waals surface area contributed by atoms with Crippen LogP contribution in [-0.2, 0) is 11.3 Å². The van der Waals surface area contributed by atoms with E-state index in [4.69, 9.17) is 4.74 Å². The first kappa shape index (κ1) is 18.6. The van der Waals surface area contributed by atoms with Crippen molar-refractivity contribution in [3.63, 3.8) is 0 Å². The van der Waals surface area contributed by atoms with Gasteiger partial charge >= 0.3 is 5.97 Å². The maximum Gasteiger partial charge on any atom is 0.355 e. The molecule has 0 spiro atoms. The van der Waals surface area contributed by atoms with E-state index in [0.29, 0.717) is 35.7 Å². The van der Waals surface area contributed by atoms with Gasteiger partial charge in [-0.25, -0.2) is 4.79 Å². The number of aromatic amines is 1. The van der Waals surface area contributed by atoms with Crippen LogP contribution in [0.4, 0.5) is 5.69 Å². The van der Waals surface area contributed by atoms with Gasteiger partial charge < -0.3 is 19.9 Å². The molecule has 1 aromatic heterocycles. The molecule has 6 nitrogen and oxygen atoms in total. The number of anilines is 1. The molecule has 2 rings (SSSR count). The number of amides is 1. The van der Waals surface area contributed by atoms with Crippen LogP contribution in [0.25, 0.3) is 0 Å². The summed E-state index contributed by atoms with van der Waals surface area (Å²) >= 11 is 0. The zero-order valence-corrected chi connectivity index (χ0v) is 15.4. The van der Waals surface area contributed by atoms with Crippen molar-refractivity contribution in [1.82, 2.24) is 10.3 Å². The Balaban J connectivity index is 2.09. The van der Waals surface area contributed by atoms with Crippen molar-refractivity contribution in [2.75, 3.05) is 25.6 Å². The van der Waals surface area contributed by atoms with E-state index in [2.05, 4.69) is 10.3 Å². The molecule has 0 aliphatic heterocycles. The van der Waals surface area contributed by atoms with Crippen molar-refractivity contribution in [2.24, 2.45) is 0 Å². The summed E-state index contributed by atoms with van der Waals surface area (Å²) in [7, 11) is 3.96. The van der Waals surface area contributed by atoms with Crippen LogP contribution in [-0.4, -0.2) is 37.6 Å². The average molecular weight is 343 g/mol. The lowest BCUT2D eigenvalue weighted by molar-refractivity contribution is 0.0519. The molecule has 0 aliphatic carbocycles. The number of benzene rings is 1. The van der Waals surface area contributed by atoms with Crippen LogP contribution in [0.2, 0.25) is 0 Å². The number of carbonyl (C=O) groups is 2. The summed E-state index contributed by atoms with van der Waals surface area (Å²) in [5.41, 5.74) is 4.20. The van der Waals surface area contributed by atoms with Gasteiger partial charge in [0.2, 0.25) is 0 Å². The minimum Gasteiger partial charge on any atom is -0.461 e. The zero-order chi connectivity index (χ0) is 18.6. The highest BCUT2D eigenvalue weighted by molar-refractivity contribution is 6.01. The van der Waals surface area contributed by atoms with Crippen molar-refractivity contribution in [2.45, 2.75) is 27.3 Å². The molecule has 0 saturated carbocycles. The largest absolute Gasteiger partial charge is 0.461 e. The third kappa shape index (κ3) is 4.21. The Morgan fingerprint density at radius 3 is 2.36 bits per heavy atom. The predicted molar refractivity (Wildman–Crippen MR) is 98.2 cm³/mol. The second-order valence-electron chi connectivity index (χ2n) is 6.09. The number of hydrogen-bond acceptors (Lipinski definition) is 4. The Morgan fingerprint density at radius 1 is 1.16 bits per heavy atom. The highest BCUT2D eigenvalue weighted by Crippen LogP contribution is 2.19. The van der Waals surface area contributed by atoms with Gasteiger partial charge in [-0.2, -0.15) is 0 Å². The van der Waals surface area contributed by atoms with Crippen LogP contribution < -0.4 is 10.2 Å². The van der Waals surface area contributed by atoms with Crippen molar-refractivity contribution < 1.29 is 14.3 Å². The lowest BCUT2D eigenvalue weighted by Gasteiger charge is -2.13. The quantitative estimate of drug-likeness (QED) is 0.791. The van der Waals surface area contributed by atoms with E-state index in [-0.39, 0.29) is 5.91 Å². The maximum atomic E-state index is 12.5. The first-order chi connectivity index (χ1) is 11.8. The van der Waals surface area contributed by atoms with E-state index in [9.17, 15) is 9.59 Å². The van der Waals surface area contributed by atoms with Crippen molar-refractivity contribution in [1.29, 1.82) is 0 Å². The number of carbonyl (C=O) groups excluding carboxylic acids is 2. The molecule has 0 unspecified atom stereocenters. The molecular weight excluding hydrogens is 318 g/mol. The average Bonchev–Trinajstić information content (AvgIpc) is 2.88. The molecule has 0 saturated heterocycles. The topological polar surface area (TPSA) is 74.4 Å². The summed E-state index contributed by atoms with van der Waals surface area (Å²) in [4.78, 5) is 29.4. The highest BCUT2D eigenvalue weighted by Gasteiger charge is 2.22. The molecule has 2 aromatic rings. The number of esters is 1. The fraction of sp³-hybridized carbons (Fsp3) is 0.368. The maximum absolute atomic E-state index is 12.5. The zero-order valence-electron chi connectivity index (χ0n) is 15.4. The van der Waals surface area contributed by atoms with Gasteiger partial charge in [-0.1, -0.05) is 12.1 Å². The van der Waals surface area contributed by atoms with E-state index in [1.165, 1.54) is 0 Å². The van der Waals surface area contributed by atoms with Gasteiger partial charge in [0.25, 0.3) is 5.91 Å². The number of nitrogens with one attached hydrogen (secondary N) is 2. The number of hydrogen-bond donors (Lipinski definition) is 2. The van der Waals surface area contributed by atoms with Crippen LogP contribution in [0.3, 0.4) is 0 Å². The molecule has 0 bridgehead atoms. The Labute approximate surface area is 148 Å². The summed E-state index contributed by atoms with van der Waals surface area (Å²) in [6, 6.07) is 7.98. The van der Waals surface area contributed by atoms with Gasteiger partial charge in [-0.15, -0.1) is 0 Å². The fourth-order valence-corrected chi connectivity index (χ4v) is 2.68. The van der Waals surface area contributed by atoms with Crippen molar-refractivity contribution >= 4 is 17.6 Å². The number of aromatic nitrogens is 1. The monoisotopic (exact) mass is 343 g/mol. The number of H-pyrrole nitrogens is 1. The fourth-order valence-electron chi connectivity index (χ4n) is 2.68.